The van der Waals surface area contributed by atoms with Gasteiger partial charge >= 0.3 is 0 Å². The van der Waals surface area contributed by atoms with Crippen LogP contribution in [0.25, 0.3) is 0 Å². The lowest BCUT2D eigenvalue weighted by atomic mass is 10.0. The Balaban J connectivity index is 2.67. The van der Waals surface area contributed by atoms with Crippen molar-refractivity contribution in [3.8, 4) is 5.75 Å². The summed E-state index contributed by atoms with van der Waals surface area (Å²) >= 11 is 0. The van der Waals surface area contributed by atoms with Crippen LogP contribution in [0, 0.1) is 0 Å². The Bertz CT molecular complexity index is 289. The van der Waals surface area contributed by atoms with Crippen molar-refractivity contribution >= 4 is 0 Å². The minimum absolute atomic E-state index is 0.0359. The molecule has 0 aliphatic carbocycles. The van der Waals surface area contributed by atoms with Crippen LogP contribution in [0.4, 0.5) is 0 Å². The van der Waals surface area contributed by atoms with Gasteiger partial charge in [0.05, 0.1) is 6.61 Å². The standard InChI is InChI=1S/C12H19NO2/c1-2-11(13)9-10-5-3-4-6-12(10)15-8-7-14/h3-6,11,14H,2,7-9,13H2,1H3. The third-order valence-corrected chi connectivity index (χ3v) is 2.33. The highest BCUT2D eigenvalue weighted by Gasteiger charge is 2.06. The number of para-hydroxylation sites is 1. The first-order chi connectivity index (χ1) is 7.27. The first kappa shape index (κ1) is 12.0. The molecule has 0 amide bonds. The van der Waals surface area contributed by atoms with E-state index in [0.29, 0.717) is 6.61 Å². The lowest BCUT2D eigenvalue weighted by molar-refractivity contribution is 0.200. The fourth-order valence-electron chi connectivity index (χ4n) is 1.40. The van der Waals surface area contributed by atoms with Gasteiger partial charge in [-0.2, -0.15) is 0 Å². The number of rotatable bonds is 6. The molecule has 0 fully saturated rings. The molecule has 0 radical (unpaired) electrons. The summed E-state index contributed by atoms with van der Waals surface area (Å²) in [6.07, 6.45) is 1.77. The topological polar surface area (TPSA) is 55.5 Å². The number of aliphatic hydroxyl groups excluding tert-OH is 1. The van der Waals surface area contributed by atoms with E-state index in [0.717, 1.165) is 24.2 Å². The predicted octanol–water partition coefficient (Wildman–Crippen LogP) is 1.34. The largest absolute Gasteiger partial charge is 0.491 e. The Morgan fingerprint density at radius 3 is 2.80 bits per heavy atom. The van der Waals surface area contributed by atoms with Crippen LogP contribution in [-0.2, 0) is 6.42 Å². The van der Waals surface area contributed by atoms with Crippen molar-refractivity contribution in [2.75, 3.05) is 13.2 Å². The Hall–Kier alpha value is -1.06. The van der Waals surface area contributed by atoms with Gasteiger partial charge in [-0.3, -0.25) is 0 Å². The fraction of sp³-hybridized carbons (Fsp3) is 0.500. The molecule has 1 rings (SSSR count). The molecule has 0 aliphatic rings. The van der Waals surface area contributed by atoms with Gasteiger partial charge in [0.1, 0.15) is 12.4 Å². The summed E-state index contributed by atoms with van der Waals surface area (Å²) in [5, 5.41) is 8.70. The summed E-state index contributed by atoms with van der Waals surface area (Å²) < 4.78 is 5.43. The number of hydrogen-bond donors (Lipinski definition) is 2. The number of aliphatic hydroxyl groups is 1. The molecule has 0 aliphatic heterocycles. The van der Waals surface area contributed by atoms with Gasteiger partial charge in [0.15, 0.2) is 0 Å². The van der Waals surface area contributed by atoms with Crippen LogP contribution in [0.15, 0.2) is 24.3 Å². The van der Waals surface area contributed by atoms with E-state index in [-0.39, 0.29) is 12.6 Å². The molecule has 3 nitrogen and oxygen atoms in total. The molecule has 1 aromatic rings. The molecule has 84 valence electrons. The molecule has 0 bridgehead atoms. The molecule has 1 aromatic carbocycles. The smallest absolute Gasteiger partial charge is 0.122 e. The lowest BCUT2D eigenvalue weighted by Crippen LogP contribution is -2.21. The molecular formula is C12H19NO2. The van der Waals surface area contributed by atoms with E-state index < -0.39 is 0 Å². The number of nitrogens with two attached hydrogens (primary N) is 1. The van der Waals surface area contributed by atoms with Crippen molar-refractivity contribution in [1.82, 2.24) is 0 Å². The van der Waals surface area contributed by atoms with Crippen LogP contribution in [0.1, 0.15) is 18.9 Å². The molecule has 15 heavy (non-hydrogen) atoms. The molecule has 3 heteroatoms. The highest BCUT2D eigenvalue weighted by molar-refractivity contribution is 5.33. The molecule has 0 spiro atoms. The first-order valence-electron chi connectivity index (χ1n) is 5.35. The summed E-state index contributed by atoms with van der Waals surface area (Å²) in [6.45, 7) is 2.44. The van der Waals surface area contributed by atoms with Gasteiger partial charge in [-0.1, -0.05) is 25.1 Å². The van der Waals surface area contributed by atoms with Crippen LogP contribution >= 0.6 is 0 Å². The van der Waals surface area contributed by atoms with Gasteiger partial charge in [0.2, 0.25) is 0 Å². The van der Waals surface area contributed by atoms with Gasteiger partial charge in [-0.05, 0) is 24.5 Å². The second-order valence-electron chi connectivity index (χ2n) is 3.55. The van der Waals surface area contributed by atoms with Crippen molar-refractivity contribution in [2.45, 2.75) is 25.8 Å². The summed E-state index contributed by atoms with van der Waals surface area (Å²) in [4.78, 5) is 0. The normalized spacial score (nSPS) is 12.5. The lowest BCUT2D eigenvalue weighted by Gasteiger charge is -2.13. The van der Waals surface area contributed by atoms with Gasteiger partial charge in [0, 0.05) is 6.04 Å². The van der Waals surface area contributed by atoms with Crippen molar-refractivity contribution in [3.05, 3.63) is 29.8 Å². The second-order valence-corrected chi connectivity index (χ2v) is 3.55. The number of hydrogen-bond acceptors (Lipinski definition) is 3. The third kappa shape index (κ3) is 3.90. The predicted molar refractivity (Wildman–Crippen MR) is 61.0 cm³/mol. The van der Waals surface area contributed by atoms with E-state index in [1.807, 2.05) is 24.3 Å². The average molecular weight is 209 g/mol. The Morgan fingerprint density at radius 1 is 1.40 bits per heavy atom. The van der Waals surface area contributed by atoms with E-state index in [9.17, 15) is 0 Å². The maximum atomic E-state index is 8.70. The summed E-state index contributed by atoms with van der Waals surface area (Å²) in [7, 11) is 0. The van der Waals surface area contributed by atoms with Gasteiger partial charge in [-0.25, -0.2) is 0 Å². The van der Waals surface area contributed by atoms with Crippen molar-refractivity contribution in [3.63, 3.8) is 0 Å². The van der Waals surface area contributed by atoms with Gasteiger partial charge in [-0.15, -0.1) is 0 Å². The third-order valence-electron chi connectivity index (χ3n) is 2.33. The zero-order valence-corrected chi connectivity index (χ0v) is 9.15. The molecule has 3 N–H and O–H groups in total. The summed E-state index contributed by atoms with van der Waals surface area (Å²) in [6, 6.07) is 8.00. The van der Waals surface area contributed by atoms with Crippen molar-refractivity contribution < 1.29 is 9.84 Å². The highest BCUT2D eigenvalue weighted by atomic mass is 16.5. The molecule has 1 unspecified atom stereocenters. The SMILES string of the molecule is CCC(N)Cc1ccccc1OCCO. The van der Waals surface area contributed by atoms with E-state index in [2.05, 4.69) is 6.92 Å². The zero-order valence-electron chi connectivity index (χ0n) is 9.15. The molecule has 0 saturated heterocycles. The minimum Gasteiger partial charge on any atom is -0.491 e. The van der Waals surface area contributed by atoms with E-state index in [4.69, 9.17) is 15.6 Å². The molecular weight excluding hydrogens is 190 g/mol. The van der Waals surface area contributed by atoms with Gasteiger partial charge in [0.25, 0.3) is 0 Å². The molecule has 1 atom stereocenters. The van der Waals surface area contributed by atoms with E-state index >= 15 is 0 Å². The molecule has 0 saturated carbocycles. The Morgan fingerprint density at radius 2 is 2.13 bits per heavy atom. The Kier molecular flexibility index (Phi) is 5.15. The maximum absolute atomic E-state index is 8.70. The van der Waals surface area contributed by atoms with Crippen molar-refractivity contribution in [1.29, 1.82) is 0 Å². The quantitative estimate of drug-likeness (QED) is 0.743. The monoisotopic (exact) mass is 209 g/mol. The van der Waals surface area contributed by atoms with Crippen LogP contribution in [-0.4, -0.2) is 24.4 Å². The maximum Gasteiger partial charge on any atom is 0.122 e. The minimum atomic E-state index is 0.0359. The molecule has 0 aromatic heterocycles. The van der Waals surface area contributed by atoms with Crippen LogP contribution < -0.4 is 10.5 Å². The number of benzene rings is 1. The van der Waals surface area contributed by atoms with Gasteiger partial charge < -0.3 is 15.6 Å². The summed E-state index contributed by atoms with van der Waals surface area (Å²) in [5.74, 6) is 0.829. The van der Waals surface area contributed by atoms with Crippen LogP contribution in [0.2, 0.25) is 0 Å². The summed E-state index contributed by atoms with van der Waals surface area (Å²) in [5.41, 5.74) is 7.01. The first-order valence-corrected chi connectivity index (χ1v) is 5.35. The second kappa shape index (κ2) is 6.43. The fourth-order valence-corrected chi connectivity index (χ4v) is 1.40. The zero-order chi connectivity index (χ0) is 11.1. The molecule has 0 heterocycles. The van der Waals surface area contributed by atoms with Crippen LogP contribution in [0.3, 0.4) is 0 Å². The number of ether oxygens (including phenoxy) is 1. The highest BCUT2D eigenvalue weighted by Crippen LogP contribution is 2.19. The van der Waals surface area contributed by atoms with Crippen LogP contribution in [0.5, 0.6) is 5.75 Å². The average Bonchev–Trinajstić information content (AvgIpc) is 2.28. The Labute approximate surface area is 90.9 Å². The van der Waals surface area contributed by atoms with E-state index in [1.165, 1.54) is 0 Å². The van der Waals surface area contributed by atoms with E-state index in [1.54, 1.807) is 0 Å². The van der Waals surface area contributed by atoms with Crippen molar-refractivity contribution in [2.24, 2.45) is 5.73 Å².